The lowest BCUT2D eigenvalue weighted by Gasteiger charge is -2.07. The number of sulfonamides is 1. The van der Waals surface area contributed by atoms with Gasteiger partial charge in [0, 0.05) is 0 Å². The third-order valence-electron chi connectivity index (χ3n) is 3.28. The Balaban J connectivity index is 2.03. The maximum atomic E-state index is 11.2. The zero-order valence-corrected chi connectivity index (χ0v) is 14.5. The molecule has 0 heterocycles. The number of hydrogen-bond acceptors (Lipinski definition) is 5. The zero-order valence-electron chi connectivity index (χ0n) is 13.7. The molecular formula is C17H21N3O3S. The minimum absolute atomic E-state index is 0.0661. The summed E-state index contributed by atoms with van der Waals surface area (Å²) in [7, 11) is -3.68. The number of anilines is 1. The van der Waals surface area contributed by atoms with Gasteiger partial charge in [0.15, 0.2) is 0 Å². The van der Waals surface area contributed by atoms with Gasteiger partial charge in [0.2, 0.25) is 10.0 Å². The van der Waals surface area contributed by atoms with Gasteiger partial charge < -0.3 is 4.74 Å². The Morgan fingerprint density at radius 2 is 1.75 bits per heavy atom. The summed E-state index contributed by atoms with van der Waals surface area (Å²) in [5.74, 6) is 0.833. The van der Waals surface area contributed by atoms with Gasteiger partial charge in [-0.1, -0.05) is 6.92 Å². The van der Waals surface area contributed by atoms with Gasteiger partial charge >= 0.3 is 0 Å². The van der Waals surface area contributed by atoms with Crippen LogP contribution in [0.1, 0.15) is 25.8 Å². The van der Waals surface area contributed by atoms with Crippen molar-refractivity contribution in [1.29, 1.82) is 0 Å². The molecule has 0 aromatic heterocycles. The third kappa shape index (κ3) is 5.07. The van der Waals surface area contributed by atoms with E-state index in [1.807, 2.05) is 31.2 Å². The van der Waals surface area contributed by atoms with E-state index >= 15 is 0 Å². The lowest BCUT2D eigenvalue weighted by Crippen LogP contribution is -2.11. The second-order valence-corrected chi connectivity index (χ2v) is 6.81. The number of nitrogens with one attached hydrogen (secondary N) is 1. The summed E-state index contributed by atoms with van der Waals surface area (Å²) in [4.78, 5) is 0.0661. The van der Waals surface area contributed by atoms with Crippen molar-refractivity contribution in [2.75, 3.05) is 12.0 Å². The molecule has 0 bridgehead atoms. The van der Waals surface area contributed by atoms with Crippen LogP contribution in [0.5, 0.6) is 5.75 Å². The smallest absolute Gasteiger partial charge is 0.238 e. The summed E-state index contributed by atoms with van der Waals surface area (Å²) in [6, 6.07) is 13.8. The Morgan fingerprint density at radius 3 is 2.29 bits per heavy atom. The lowest BCUT2D eigenvalue weighted by molar-refractivity contribution is 0.317. The Morgan fingerprint density at radius 1 is 1.12 bits per heavy atom. The molecule has 6 nitrogen and oxygen atoms in total. The van der Waals surface area contributed by atoms with E-state index in [4.69, 9.17) is 9.88 Å². The van der Waals surface area contributed by atoms with E-state index in [0.717, 1.165) is 23.4 Å². The molecule has 0 amide bonds. The average molecular weight is 347 g/mol. The third-order valence-corrected chi connectivity index (χ3v) is 4.21. The first kappa shape index (κ1) is 18.0. The molecule has 2 aromatic carbocycles. The molecule has 0 atom stereocenters. The molecular weight excluding hydrogens is 326 g/mol. The number of nitrogens with zero attached hydrogens (tertiary/aromatic N) is 1. The quantitative estimate of drug-likeness (QED) is 0.595. The van der Waals surface area contributed by atoms with Crippen LogP contribution in [0.2, 0.25) is 0 Å². The van der Waals surface area contributed by atoms with Gasteiger partial charge in [-0.2, -0.15) is 5.10 Å². The van der Waals surface area contributed by atoms with Gasteiger partial charge in [-0.15, -0.1) is 0 Å². The van der Waals surface area contributed by atoms with E-state index in [1.165, 1.54) is 12.1 Å². The van der Waals surface area contributed by atoms with E-state index in [2.05, 4.69) is 17.5 Å². The van der Waals surface area contributed by atoms with Crippen LogP contribution in [0.25, 0.3) is 0 Å². The number of benzene rings is 2. The molecule has 0 spiro atoms. The molecule has 0 fully saturated rings. The second-order valence-electron chi connectivity index (χ2n) is 5.25. The van der Waals surface area contributed by atoms with Crippen LogP contribution in [0.15, 0.2) is 58.5 Å². The van der Waals surface area contributed by atoms with Crippen molar-refractivity contribution >= 4 is 21.4 Å². The van der Waals surface area contributed by atoms with E-state index in [9.17, 15) is 8.42 Å². The van der Waals surface area contributed by atoms with Gasteiger partial charge in [0.1, 0.15) is 5.75 Å². The van der Waals surface area contributed by atoms with Gasteiger partial charge in [-0.3, -0.25) is 5.43 Å². The van der Waals surface area contributed by atoms with Crippen molar-refractivity contribution in [3.05, 3.63) is 54.1 Å². The first-order chi connectivity index (χ1) is 11.4. The van der Waals surface area contributed by atoms with Gasteiger partial charge in [-0.05, 0) is 67.4 Å². The summed E-state index contributed by atoms with van der Waals surface area (Å²) in [5.41, 5.74) is 5.33. The highest BCUT2D eigenvalue weighted by atomic mass is 32.2. The van der Waals surface area contributed by atoms with Crippen LogP contribution in [0.4, 0.5) is 5.69 Å². The highest BCUT2D eigenvalue weighted by molar-refractivity contribution is 7.89. The highest BCUT2D eigenvalue weighted by Crippen LogP contribution is 2.15. The second kappa shape index (κ2) is 7.94. The molecule has 0 radical (unpaired) electrons. The normalized spacial score (nSPS) is 12.0. The minimum atomic E-state index is -3.68. The van der Waals surface area contributed by atoms with Crippen LogP contribution in [0, 0.1) is 0 Å². The fourth-order valence-electron chi connectivity index (χ4n) is 1.94. The number of hydrazone groups is 1. The summed E-state index contributed by atoms with van der Waals surface area (Å²) < 4.78 is 28.0. The Labute approximate surface area is 142 Å². The molecule has 0 aliphatic rings. The molecule has 0 unspecified atom stereocenters. The minimum Gasteiger partial charge on any atom is -0.494 e. The molecule has 0 saturated heterocycles. The standard InChI is InChI=1S/C17H21N3O3S/c1-3-12-23-16-8-4-14(5-9-16)13(2)19-20-15-6-10-17(11-7-15)24(18,21)22/h4-11,20H,3,12H2,1-2H3,(H2,18,21,22)/b19-13+. The average Bonchev–Trinajstić information content (AvgIpc) is 2.58. The van der Waals surface area contributed by atoms with Crippen LogP contribution >= 0.6 is 0 Å². The van der Waals surface area contributed by atoms with Gasteiger partial charge in [0.05, 0.1) is 22.9 Å². The van der Waals surface area contributed by atoms with Crippen LogP contribution in [0.3, 0.4) is 0 Å². The van der Waals surface area contributed by atoms with Crippen molar-refractivity contribution in [2.45, 2.75) is 25.2 Å². The predicted molar refractivity (Wildman–Crippen MR) is 95.9 cm³/mol. The summed E-state index contributed by atoms with van der Waals surface area (Å²) >= 11 is 0. The molecule has 128 valence electrons. The summed E-state index contributed by atoms with van der Waals surface area (Å²) in [5, 5.41) is 9.36. The lowest BCUT2D eigenvalue weighted by atomic mass is 10.1. The summed E-state index contributed by atoms with van der Waals surface area (Å²) in [6.45, 7) is 4.64. The number of primary sulfonamides is 1. The fraction of sp³-hybridized carbons (Fsp3) is 0.235. The van der Waals surface area contributed by atoms with Crippen molar-refractivity contribution < 1.29 is 13.2 Å². The number of ether oxygens (including phenoxy) is 1. The molecule has 7 heteroatoms. The molecule has 2 rings (SSSR count). The van der Waals surface area contributed by atoms with Crippen LogP contribution in [-0.2, 0) is 10.0 Å². The van der Waals surface area contributed by atoms with E-state index in [0.29, 0.717) is 12.3 Å². The monoisotopic (exact) mass is 347 g/mol. The Kier molecular flexibility index (Phi) is 5.94. The number of hydrogen-bond donors (Lipinski definition) is 2. The predicted octanol–water partition coefficient (Wildman–Crippen LogP) is 2.96. The van der Waals surface area contributed by atoms with Crippen molar-refractivity contribution in [1.82, 2.24) is 0 Å². The van der Waals surface area contributed by atoms with E-state index in [1.54, 1.807) is 12.1 Å². The van der Waals surface area contributed by atoms with Crippen molar-refractivity contribution in [3.63, 3.8) is 0 Å². The molecule has 0 aliphatic carbocycles. The Hall–Kier alpha value is -2.38. The highest BCUT2D eigenvalue weighted by Gasteiger charge is 2.06. The zero-order chi connectivity index (χ0) is 17.6. The van der Waals surface area contributed by atoms with Crippen LogP contribution in [-0.4, -0.2) is 20.7 Å². The topological polar surface area (TPSA) is 93.8 Å². The molecule has 0 aliphatic heterocycles. The number of rotatable bonds is 7. The molecule has 3 N–H and O–H groups in total. The SMILES string of the molecule is CCCOc1ccc(/C(C)=N/Nc2ccc(S(N)(=O)=O)cc2)cc1. The first-order valence-electron chi connectivity index (χ1n) is 7.56. The fourth-order valence-corrected chi connectivity index (χ4v) is 2.46. The molecule has 24 heavy (non-hydrogen) atoms. The van der Waals surface area contributed by atoms with Crippen molar-refractivity contribution in [3.8, 4) is 5.75 Å². The number of nitrogens with two attached hydrogens (primary N) is 1. The summed E-state index contributed by atoms with van der Waals surface area (Å²) in [6.07, 6.45) is 0.969. The van der Waals surface area contributed by atoms with Gasteiger partial charge in [0.25, 0.3) is 0 Å². The van der Waals surface area contributed by atoms with E-state index < -0.39 is 10.0 Å². The largest absolute Gasteiger partial charge is 0.494 e. The van der Waals surface area contributed by atoms with Gasteiger partial charge in [-0.25, -0.2) is 13.6 Å². The Bertz CT molecular complexity index is 798. The molecule has 2 aromatic rings. The maximum Gasteiger partial charge on any atom is 0.238 e. The first-order valence-corrected chi connectivity index (χ1v) is 9.11. The van der Waals surface area contributed by atoms with E-state index in [-0.39, 0.29) is 4.90 Å². The molecule has 0 saturated carbocycles. The maximum absolute atomic E-state index is 11.2. The van der Waals surface area contributed by atoms with Crippen LogP contribution < -0.4 is 15.3 Å². The van der Waals surface area contributed by atoms with Crippen molar-refractivity contribution in [2.24, 2.45) is 10.2 Å².